The van der Waals surface area contributed by atoms with E-state index in [0.29, 0.717) is 15.7 Å². The second kappa shape index (κ2) is 4.62. The molecule has 1 aromatic carbocycles. The molecule has 66 valence electrons. The quantitative estimate of drug-likeness (QED) is 0.460. The van der Waals surface area contributed by atoms with Crippen molar-refractivity contribution in [2.45, 2.75) is 4.90 Å². The maximum atomic E-state index is 13.1. The lowest BCUT2D eigenvalue weighted by atomic mass is 10.3. The number of thiol groups is 1. The summed E-state index contributed by atoms with van der Waals surface area (Å²) in [7, 11) is 1.51. The van der Waals surface area contributed by atoms with Crippen LogP contribution in [0.4, 0.5) is 4.39 Å². The van der Waals surface area contributed by atoms with Gasteiger partial charge < -0.3 is 4.74 Å². The third-order valence-electron chi connectivity index (χ3n) is 1.36. The zero-order valence-corrected chi connectivity index (χ0v) is 8.29. The second-order valence-corrected chi connectivity index (χ2v) is 3.83. The molecular weight excluding hydrogens is 195 g/mol. The van der Waals surface area contributed by atoms with E-state index in [-0.39, 0.29) is 5.82 Å². The van der Waals surface area contributed by atoms with Crippen LogP contribution < -0.4 is 4.74 Å². The van der Waals surface area contributed by atoms with Gasteiger partial charge in [-0.1, -0.05) is 0 Å². The van der Waals surface area contributed by atoms with Gasteiger partial charge in [0.05, 0.1) is 7.11 Å². The Balaban J connectivity index is 2.87. The summed E-state index contributed by atoms with van der Waals surface area (Å²) < 4.78 is 17.9. The Kier molecular flexibility index (Phi) is 3.75. The molecule has 1 aromatic rings. The van der Waals surface area contributed by atoms with Gasteiger partial charge in [0, 0.05) is 16.0 Å². The van der Waals surface area contributed by atoms with Gasteiger partial charge in [-0.25, -0.2) is 4.39 Å². The normalized spacial score (nSPS) is 9.92. The predicted octanol–water partition coefficient (Wildman–Crippen LogP) is 2.81. The number of ether oxygens (including phenoxy) is 1. The molecule has 0 spiro atoms. The fraction of sp³-hybridized carbons (Fsp3) is 0.250. The van der Waals surface area contributed by atoms with E-state index in [9.17, 15) is 4.39 Å². The lowest BCUT2D eigenvalue weighted by Gasteiger charge is -2.02. The van der Waals surface area contributed by atoms with Crippen molar-refractivity contribution in [2.24, 2.45) is 0 Å². The highest BCUT2D eigenvalue weighted by atomic mass is 32.2. The molecule has 0 unspecified atom stereocenters. The van der Waals surface area contributed by atoms with Gasteiger partial charge in [-0.2, -0.15) is 12.6 Å². The molecule has 0 aliphatic rings. The summed E-state index contributed by atoms with van der Waals surface area (Å²) in [5, 5.41) is 0.573. The number of methoxy groups -OCH3 is 1. The fourth-order valence-electron chi connectivity index (χ4n) is 0.795. The van der Waals surface area contributed by atoms with Crippen LogP contribution in [0, 0.1) is 5.82 Å². The van der Waals surface area contributed by atoms with Crippen LogP contribution in [0.1, 0.15) is 0 Å². The van der Waals surface area contributed by atoms with Crippen molar-refractivity contribution in [3.05, 3.63) is 24.0 Å². The Bertz CT molecular complexity index is 265. The van der Waals surface area contributed by atoms with E-state index in [2.05, 4.69) is 12.6 Å². The Hall–Kier alpha value is -0.350. The first-order chi connectivity index (χ1) is 5.77. The summed E-state index contributed by atoms with van der Waals surface area (Å²) in [4.78, 5) is 0.603. The zero-order chi connectivity index (χ0) is 8.97. The molecule has 0 aromatic heterocycles. The lowest BCUT2D eigenvalue weighted by molar-refractivity contribution is 0.410. The van der Waals surface area contributed by atoms with Gasteiger partial charge in [-0.05, 0) is 12.1 Å². The van der Waals surface area contributed by atoms with Gasteiger partial charge in [-0.3, -0.25) is 0 Å². The van der Waals surface area contributed by atoms with Gasteiger partial charge in [-0.15, -0.1) is 11.8 Å². The van der Waals surface area contributed by atoms with E-state index in [0.717, 1.165) is 0 Å². The molecule has 0 heterocycles. The average molecular weight is 204 g/mol. The summed E-state index contributed by atoms with van der Waals surface area (Å²) in [6.07, 6.45) is 0. The molecular formula is C8H9FOS2. The molecule has 0 amide bonds. The Morgan fingerprint density at radius 2 is 2.33 bits per heavy atom. The fourth-order valence-corrected chi connectivity index (χ4v) is 1.71. The van der Waals surface area contributed by atoms with E-state index in [1.165, 1.54) is 24.9 Å². The van der Waals surface area contributed by atoms with Gasteiger partial charge in [0.2, 0.25) is 0 Å². The maximum Gasteiger partial charge on any atom is 0.140 e. The van der Waals surface area contributed by atoms with E-state index in [4.69, 9.17) is 4.74 Å². The first-order valence-corrected chi connectivity index (χ1v) is 4.97. The Morgan fingerprint density at radius 3 is 2.83 bits per heavy atom. The molecule has 12 heavy (non-hydrogen) atoms. The number of hydrogen-bond donors (Lipinski definition) is 1. The minimum absolute atomic E-state index is 0.256. The topological polar surface area (TPSA) is 9.23 Å². The first kappa shape index (κ1) is 9.74. The van der Waals surface area contributed by atoms with Crippen molar-refractivity contribution in [1.82, 2.24) is 0 Å². The number of hydrogen-bond acceptors (Lipinski definition) is 3. The van der Waals surface area contributed by atoms with Crippen LogP contribution in [-0.4, -0.2) is 12.2 Å². The van der Waals surface area contributed by atoms with Crippen LogP contribution in [0.15, 0.2) is 23.1 Å². The average Bonchev–Trinajstić information content (AvgIpc) is 2.09. The van der Waals surface area contributed by atoms with Crippen LogP contribution in [0.3, 0.4) is 0 Å². The van der Waals surface area contributed by atoms with Crippen molar-refractivity contribution in [3.8, 4) is 5.75 Å². The van der Waals surface area contributed by atoms with Crippen molar-refractivity contribution in [1.29, 1.82) is 0 Å². The summed E-state index contributed by atoms with van der Waals surface area (Å²) in [6.45, 7) is 0. The third-order valence-corrected chi connectivity index (χ3v) is 2.52. The molecule has 0 radical (unpaired) electrons. The predicted molar refractivity (Wildman–Crippen MR) is 52.7 cm³/mol. The zero-order valence-electron chi connectivity index (χ0n) is 6.58. The van der Waals surface area contributed by atoms with E-state index in [1.807, 2.05) is 0 Å². The summed E-state index contributed by atoms with van der Waals surface area (Å²) in [6, 6.07) is 4.79. The second-order valence-electron chi connectivity index (χ2n) is 2.07. The van der Waals surface area contributed by atoms with Gasteiger partial charge in [0.1, 0.15) is 11.6 Å². The third kappa shape index (κ3) is 2.32. The molecule has 0 atom stereocenters. The molecule has 0 fully saturated rings. The number of thioether (sulfide) groups is 1. The molecule has 0 saturated heterocycles. The van der Waals surface area contributed by atoms with E-state index >= 15 is 0 Å². The van der Waals surface area contributed by atoms with Crippen LogP contribution in [0.25, 0.3) is 0 Å². The largest absolute Gasteiger partial charge is 0.497 e. The summed E-state index contributed by atoms with van der Waals surface area (Å²) >= 11 is 5.35. The van der Waals surface area contributed by atoms with Crippen molar-refractivity contribution in [2.75, 3.05) is 12.2 Å². The summed E-state index contributed by atoms with van der Waals surface area (Å²) in [5.41, 5.74) is 0. The maximum absolute atomic E-state index is 13.1. The molecule has 4 heteroatoms. The number of rotatable bonds is 3. The molecule has 1 nitrogen and oxygen atoms in total. The van der Waals surface area contributed by atoms with Gasteiger partial charge in [0.15, 0.2) is 0 Å². The molecule has 0 saturated carbocycles. The monoisotopic (exact) mass is 204 g/mol. The van der Waals surface area contributed by atoms with Crippen LogP contribution >= 0.6 is 24.4 Å². The minimum Gasteiger partial charge on any atom is -0.497 e. The minimum atomic E-state index is -0.256. The van der Waals surface area contributed by atoms with E-state index in [1.54, 1.807) is 12.1 Å². The van der Waals surface area contributed by atoms with Crippen molar-refractivity contribution in [3.63, 3.8) is 0 Å². The van der Waals surface area contributed by atoms with Crippen LogP contribution in [0.5, 0.6) is 5.75 Å². The Labute approximate surface area is 80.7 Å². The van der Waals surface area contributed by atoms with Gasteiger partial charge >= 0.3 is 0 Å². The lowest BCUT2D eigenvalue weighted by Crippen LogP contribution is -1.86. The standard InChI is InChI=1S/C8H9FOS2/c1-10-6-2-3-8(12-5-11)7(9)4-6/h2-4,11H,5H2,1H3. The molecule has 0 bridgehead atoms. The highest BCUT2D eigenvalue weighted by Crippen LogP contribution is 2.25. The van der Waals surface area contributed by atoms with Crippen molar-refractivity contribution < 1.29 is 9.13 Å². The molecule has 1 rings (SSSR count). The highest BCUT2D eigenvalue weighted by Gasteiger charge is 2.02. The SMILES string of the molecule is COc1ccc(SCS)c(F)c1. The first-order valence-electron chi connectivity index (χ1n) is 3.35. The van der Waals surface area contributed by atoms with E-state index < -0.39 is 0 Å². The van der Waals surface area contributed by atoms with Crippen LogP contribution in [-0.2, 0) is 0 Å². The number of halogens is 1. The Morgan fingerprint density at radius 1 is 1.58 bits per heavy atom. The molecule has 0 N–H and O–H groups in total. The smallest absolute Gasteiger partial charge is 0.140 e. The number of benzene rings is 1. The highest BCUT2D eigenvalue weighted by molar-refractivity contribution is 8.09. The summed E-state index contributed by atoms with van der Waals surface area (Å²) in [5.74, 6) is 0.282. The molecule has 0 aliphatic heterocycles. The van der Waals surface area contributed by atoms with Crippen molar-refractivity contribution >= 4 is 24.4 Å². The molecule has 0 aliphatic carbocycles. The van der Waals surface area contributed by atoms with Gasteiger partial charge in [0.25, 0.3) is 0 Å². The van der Waals surface area contributed by atoms with Crippen LogP contribution in [0.2, 0.25) is 0 Å².